The Labute approximate surface area is 76.3 Å². The van der Waals surface area contributed by atoms with Gasteiger partial charge in [0, 0.05) is 0 Å². The Morgan fingerprint density at radius 3 is 2.55 bits per heavy atom. The molecule has 0 N–H and O–H groups in total. The lowest BCUT2D eigenvalue weighted by Crippen LogP contribution is -1.72. The van der Waals surface area contributed by atoms with Crippen LogP contribution in [-0.2, 0) is 0 Å². The number of hydrogen-bond donors (Lipinski definition) is 0. The Hall–Kier alpha value is -0.400. The SMILES string of the molecule is CS/C=C(/Cl)c1ccccc1. The second-order valence-electron chi connectivity index (χ2n) is 2.07. The summed E-state index contributed by atoms with van der Waals surface area (Å²) in [6.07, 6.45) is 1.99. The van der Waals surface area contributed by atoms with E-state index in [4.69, 9.17) is 11.6 Å². The monoisotopic (exact) mass is 184 g/mol. The minimum Gasteiger partial charge on any atom is -0.136 e. The first-order valence-electron chi connectivity index (χ1n) is 3.28. The van der Waals surface area contributed by atoms with Gasteiger partial charge in [0.2, 0.25) is 0 Å². The van der Waals surface area contributed by atoms with Crippen molar-refractivity contribution in [2.45, 2.75) is 0 Å². The number of halogens is 1. The maximum atomic E-state index is 5.95. The lowest BCUT2D eigenvalue weighted by atomic mass is 10.2. The molecule has 0 bridgehead atoms. The predicted molar refractivity (Wildman–Crippen MR) is 53.8 cm³/mol. The largest absolute Gasteiger partial charge is 0.136 e. The summed E-state index contributed by atoms with van der Waals surface area (Å²) in [4.78, 5) is 0. The molecule has 0 aliphatic carbocycles. The van der Waals surface area contributed by atoms with Gasteiger partial charge < -0.3 is 0 Å². The molecule has 0 fully saturated rings. The lowest BCUT2D eigenvalue weighted by molar-refractivity contribution is 1.65. The summed E-state index contributed by atoms with van der Waals surface area (Å²) in [5.74, 6) is 0. The van der Waals surface area contributed by atoms with Crippen LogP contribution in [0, 0.1) is 0 Å². The van der Waals surface area contributed by atoms with Crippen LogP contribution in [0.4, 0.5) is 0 Å². The standard InChI is InChI=1S/C9H9ClS/c1-11-7-9(10)8-5-3-2-4-6-8/h2-7H,1H3/b9-7+. The van der Waals surface area contributed by atoms with Crippen LogP contribution in [0.25, 0.3) is 5.03 Å². The third-order valence-corrected chi connectivity index (χ3v) is 2.20. The number of hydrogen-bond acceptors (Lipinski definition) is 1. The fourth-order valence-corrected chi connectivity index (χ4v) is 1.51. The molecule has 0 saturated heterocycles. The van der Waals surface area contributed by atoms with Crippen LogP contribution in [0.2, 0.25) is 0 Å². The Balaban J connectivity index is 2.85. The van der Waals surface area contributed by atoms with Crippen molar-refractivity contribution in [1.29, 1.82) is 0 Å². The van der Waals surface area contributed by atoms with Crippen LogP contribution in [0.5, 0.6) is 0 Å². The zero-order chi connectivity index (χ0) is 8.10. The molecule has 0 radical (unpaired) electrons. The highest BCUT2D eigenvalue weighted by Gasteiger charge is 1.93. The molecule has 0 amide bonds. The second-order valence-corrected chi connectivity index (χ2v) is 3.18. The van der Waals surface area contributed by atoms with Crippen molar-refractivity contribution in [3.8, 4) is 0 Å². The minimum atomic E-state index is 0.804. The molecule has 0 aromatic heterocycles. The summed E-state index contributed by atoms with van der Waals surface area (Å²) in [7, 11) is 0. The molecule has 1 rings (SSSR count). The third-order valence-electron chi connectivity index (χ3n) is 1.27. The first-order chi connectivity index (χ1) is 5.34. The summed E-state index contributed by atoms with van der Waals surface area (Å²) in [5, 5.41) is 2.73. The van der Waals surface area contributed by atoms with Crippen LogP contribution < -0.4 is 0 Å². The molecular formula is C9H9ClS. The minimum absolute atomic E-state index is 0.804. The third kappa shape index (κ3) is 2.60. The Kier molecular flexibility index (Phi) is 3.53. The molecule has 0 spiro atoms. The first kappa shape index (κ1) is 8.69. The van der Waals surface area contributed by atoms with E-state index in [0.29, 0.717) is 0 Å². The maximum Gasteiger partial charge on any atom is 0.0541 e. The molecule has 0 atom stereocenters. The van der Waals surface area contributed by atoms with Gasteiger partial charge in [-0.1, -0.05) is 41.9 Å². The van der Waals surface area contributed by atoms with Crippen molar-refractivity contribution in [2.24, 2.45) is 0 Å². The first-order valence-corrected chi connectivity index (χ1v) is 4.95. The average molecular weight is 185 g/mol. The van der Waals surface area contributed by atoms with Crippen molar-refractivity contribution in [1.82, 2.24) is 0 Å². The lowest BCUT2D eigenvalue weighted by Gasteiger charge is -1.95. The molecular weight excluding hydrogens is 176 g/mol. The number of benzene rings is 1. The van der Waals surface area contributed by atoms with E-state index in [1.165, 1.54) is 0 Å². The van der Waals surface area contributed by atoms with Crippen LogP contribution in [0.15, 0.2) is 35.7 Å². The van der Waals surface area contributed by atoms with E-state index in [1.807, 2.05) is 42.0 Å². The van der Waals surface area contributed by atoms with Gasteiger partial charge in [-0.25, -0.2) is 0 Å². The average Bonchev–Trinajstić information content (AvgIpc) is 2.07. The smallest absolute Gasteiger partial charge is 0.0541 e. The highest BCUT2D eigenvalue weighted by molar-refractivity contribution is 8.01. The molecule has 0 aliphatic rings. The van der Waals surface area contributed by atoms with Gasteiger partial charge in [0.15, 0.2) is 0 Å². The second kappa shape index (κ2) is 4.47. The Morgan fingerprint density at radius 2 is 2.00 bits per heavy atom. The molecule has 1 aromatic rings. The molecule has 1 aromatic carbocycles. The highest BCUT2D eigenvalue weighted by Crippen LogP contribution is 2.20. The molecule has 0 unspecified atom stereocenters. The van der Waals surface area contributed by atoms with E-state index in [-0.39, 0.29) is 0 Å². The van der Waals surface area contributed by atoms with Crippen molar-refractivity contribution in [2.75, 3.05) is 6.26 Å². The summed E-state index contributed by atoms with van der Waals surface area (Å²) in [6.45, 7) is 0. The quantitative estimate of drug-likeness (QED) is 0.677. The molecule has 11 heavy (non-hydrogen) atoms. The van der Waals surface area contributed by atoms with E-state index in [1.54, 1.807) is 11.8 Å². The van der Waals surface area contributed by atoms with Gasteiger partial charge in [0.05, 0.1) is 5.03 Å². The van der Waals surface area contributed by atoms with Crippen molar-refractivity contribution in [3.05, 3.63) is 41.3 Å². The topological polar surface area (TPSA) is 0 Å². The van der Waals surface area contributed by atoms with Crippen LogP contribution in [0.1, 0.15) is 5.56 Å². The fourth-order valence-electron chi connectivity index (χ4n) is 0.769. The van der Waals surface area contributed by atoms with E-state index >= 15 is 0 Å². The number of rotatable bonds is 2. The van der Waals surface area contributed by atoms with E-state index in [2.05, 4.69) is 0 Å². The molecule has 58 valence electrons. The summed E-state index contributed by atoms with van der Waals surface area (Å²) in [6, 6.07) is 9.93. The molecule has 0 nitrogen and oxygen atoms in total. The van der Waals surface area contributed by atoms with Crippen molar-refractivity contribution in [3.63, 3.8) is 0 Å². The Bertz CT molecular complexity index is 241. The van der Waals surface area contributed by atoms with Crippen LogP contribution in [-0.4, -0.2) is 6.26 Å². The fraction of sp³-hybridized carbons (Fsp3) is 0.111. The van der Waals surface area contributed by atoms with Gasteiger partial charge >= 0.3 is 0 Å². The highest BCUT2D eigenvalue weighted by atomic mass is 35.5. The van der Waals surface area contributed by atoms with Gasteiger partial charge in [-0.2, -0.15) is 0 Å². The van der Waals surface area contributed by atoms with Crippen molar-refractivity contribution < 1.29 is 0 Å². The van der Waals surface area contributed by atoms with Gasteiger partial charge in [-0.05, 0) is 17.2 Å². The molecule has 0 heterocycles. The zero-order valence-electron chi connectivity index (χ0n) is 6.25. The normalized spacial score (nSPS) is 11.6. The van der Waals surface area contributed by atoms with Gasteiger partial charge in [0.25, 0.3) is 0 Å². The van der Waals surface area contributed by atoms with Gasteiger partial charge in [-0.15, -0.1) is 11.8 Å². The molecule has 0 saturated carbocycles. The summed E-state index contributed by atoms with van der Waals surface area (Å²) < 4.78 is 0. The Morgan fingerprint density at radius 1 is 1.36 bits per heavy atom. The summed E-state index contributed by atoms with van der Waals surface area (Å²) >= 11 is 7.56. The predicted octanol–water partition coefficient (Wildman–Crippen LogP) is 3.59. The van der Waals surface area contributed by atoms with Gasteiger partial charge in [0.1, 0.15) is 0 Å². The van der Waals surface area contributed by atoms with Crippen LogP contribution >= 0.6 is 23.4 Å². The van der Waals surface area contributed by atoms with E-state index in [9.17, 15) is 0 Å². The molecule has 2 heteroatoms. The maximum absolute atomic E-state index is 5.95. The van der Waals surface area contributed by atoms with Crippen molar-refractivity contribution >= 4 is 28.4 Å². The van der Waals surface area contributed by atoms with Crippen LogP contribution in [0.3, 0.4) is 0 Å². The van der Waals surface area contributed by atoms with E-state index < -0.39 is 0 Å². The zero-order valence-corrected chi connectivity index (χ0v) is 7.82. The number of thioether (sulfide) groups is 1. The summed E-state index contributed by atoms with van der Waals surface area (Å²) in [5.41, 5.74) is 1.07. The van der Waals surface area contributed by atoms with E-state index in [0.717, 1.165) is 10.6 Å². The van der Waals surface area contributed by atoms with Gasteiger partial charge in [-0.3, -0.25) is 0 Å². The molecule has 0 aliphatic heterocycles.